The number of aromatic nitrogens is 3. The van der Waals surface area contributed by atoms with Gasteiger partial charge in [-0.2, -0.15) is 0 Å². The zero-order valence-corrected chi connectivity index (χ0v) is 18.4. The second kappa shape index (κ2) is 9.14. The lowest BCUT2D eigenvalue weighted by Crippen LogP contribution is -2.34. The molecule has 0 spiro atoms. The number of hydrogen-bond donors (Lipinski definition) is 1. The predicted molar refractivity (Wildman–Crippen MR) is 116 cm³/mol. The first-order chi connectivity index (χ1) is 14.5. The SMILES string of the molecule is Cc1cc(-c2cnc(N(C)C)nc2C2CCC(CNC(=O)C3CCCC3)CC2)on1. The summed E-state index contributed by atoms with van der Waals surface area (Å²) in [5.74, 6) is 2.89. The van der Waals surface area contributed by atoms with Crippen LogP contribution in [0.4, 0.5) is 5.95 Å². The van der Waals surface area contributed by atoms with E-state index >= 15 is 0 Å². The predicted octanol–water partition coefficient (Wildman–Crippen LogP) is 4.09. The molecule has 2 heterocycles. The van der Waals surface area contributed by atoms with Crippen molar-refractivity contribution in [1.82, 2.24) is 20.4 Å². The Balaban J connectivity index is 1.42. The van der Waals surface area contributed by atoms with Crippen LogP contribution in [0.2, 0.25) is 0 Å². The fourth-order valence-corrected chi connectivity index (χ4v) is 4.81. The minimum Gasteiger partial charge on any atom is -0.356 e. The van der Waals surface area contributed by atoms with Crippen molar-refractivity contribution in [2.45, 2.75) is 64.2 Å². The zero-order valence-electron chi connectivity index (χ0n) is 18.4. The van der Waals surface area contributed by atoms with Gasteiger partial charge in [0.05, 0.1) is 17.0 Å². The molecular weight excluding hydrogens is 378 g/mol. The first kappa shape index (κ1) is 20.8. The van der Waals surface area contributed by atoms with Gasteiger partial charge in [0.1, 0.15) is 0 Å². The number of amides is 1. The molecule has 162 valence electrons. The Labute approximate surface area is 178 Å². The van der Waals surface area contributed by atoms with Crippen LogP contribution in [0.25, 0.3) is 11.3 Å². The lowest BCUT2D eigenvalue weighted by atomic mass is 9.79. The van der Waals surface area contributed by atoms with E-state index in [9.17, 15) is 4.79 Å². The van der Waals surface area contributed by atoms with Crippen LogP contribution in [0.3, 0.4) is 0 Å². The largest absolute Gasteiger partial charge is 0.356 e. The second-order valence-corrected chi connectivity index (χ2v) is 9.14. The Morgan fingerprint density at radius 2 is 1.90 bits per heavy atom. The Kier molecular flexibility index (Phi) is 6.35. The van der Waals surface area contributed by atoms with Crippen molar-refractivity contribution < 1.29 is 9.32 Å². The Morgan fingerprint density at radius 1 is 1.17 bits per heavy atom. The fraction of sp³-hybridized carbons (Fsp3) is 0.652. The lowest BCUT2D eigenvalue weighted by molar-refractivity contribution is -0.125. The van der Waals surface area contributed by atoms with E-state index in [2.05, 4.69) is 15.5 Å². The number of hydrogen-bond acceptors (Lipinski definition) is 6. The Morgan fingerprint density at radius 3 is 2.53 bits per heavy atom. The summed E-state index contributed by atoms with van der Waals surface area (Å²) < 4.78 is 5.53. The summed E-state index contributed by atoms with van der Waals surface area (Å²) in [7, 11) is 3.92. The van der Waals surface area contributed by atoms with Gasteiger partial charge in [-0.1, -0.05) is 18.0 Å². The highest BCUT2D eigenvalue weighted by atomic mass is 16.5. The molecule has 0 radical (unpaired) electrons. The van der Waals surface area contributed by atoms with Crippen LogP contribution >= 0.6 is 0 Å². The van der Waals surface area contributed by atoms with E-state index in [4.69, 9.17) is 9.51 Å². The molecule has 1 N–H and O–H groups in total. The average molecular weight is 412 g/mol. The quantitative estimate of drug-likeness (QED) is 0.771. The monoisotopic (exact) mass is 411 g/mol. The molecule has 2 aromatic rings. The van der Waals surface area contributed by atoms with E-state index in [0.29, 0.717) is 11.8 Å². The summed E-state index contributed by atoms with van der Waals surface area (Å²) in [5.41, 5.74) is 2.85. The average Bonchev–Trinajstić information content (AvgIpc) is 3.44. The summed E-state index contributed by atoms with van der Waals surface area (Å²) in [6, 6.07) is 1.95. The molecule has 0 bridgehead atoms. The molecule has 1 amide bonds. The number of anilines is 1. The van der Waals surface area contributed by atoms with Gasteiger partial charge in [0.25, 0.3) is 0 Å². The van der Waals surface area contributed by atoms with Crippen LogP contribution in [-0.4, -0.2) is 41.7 Å². The molecule has 0 unspecified atom stereocenters. The summed E-state index contributed by atoms with van der Waals surface area (Å²) >= 11 is 0. The van der Waals surface area contributed by atoms with Crippen LogP contribution in [-0.2, 0) is 4.79 Å². The van der Waals surface area contributed by atoms with Crippen LogP contribution in [0.1, 0.15) is 68.7 Å². The number of aryl methyl sites for hydroxylation is 1. The number of carbonyl (C=O) groups excluding carboxylic acids is 1. The summed E-state index contributed by atoms with van der Waals surface area (Å²) in [4.78, 5) is 23.7. The number of nitrogens with one attached hydrogen (secondary N) is 1. The first-order valence-corrected chi connectivity index (χ1v) is 11.3. The highest BCUT2D eigenvalue weighted by Crippen LogP contribution is 2.39. The molecule has 2 aromatic heterocycles. The van der Waals surface area contributed by atoms with Gasteiger partial charge in [-0.15, -0.1) is 0 Å². The maximum Gasteiger partial charge on any atom is 0.225 e. The molecule has 2 aliphatic rings. The van der Waals surface area contributed by atoms with Crippen molar-refractivity contribution in [3.05, 3.63) is 23.7 Å². The molecule has 2 fully saturated rings. The Bertz CT molecular complexity index is 864. The minimum absolute atomic E-state index is 0.250. The van der Waals surface area contributed by atoms with Gasteiger partial charge in [0, 0.05) is 44.7 Å². The molecule has 0 atom stereocenters. The third-order valence-electron chi connectivity index (χ3n) is 6.62. The molecule has 0 saturated heterocycles. The lowest BCUT2D eigenvalue weighted by Gasteiger charge is -2.29. The normalized spacial score (nSPS) is 22.2. The molecular formula is C23H33N5O2. The minimum atomic E-state index is 0.250. The van der Waals surface area contributed by atoms with Crippen LogP contribution in [0, 0.1) is 18.8 Å². The first-order valence-electron chi connectivity index (χ1n) is 11.3. The van der Waals surface area contributed by atoms with E-state index < -0.39 is 0 Å². The molecule has 0 aromatic carbocycles. The van der Waals surface area contributed by atoms with Crippen molar-refractivity contribution >= 4 is 11.9 Å². The molecule has 2 saturated carbocycles. The second-order valence-electron chi connectivity index (χ2n) is 9.14. The van der Waals surface area contributed by atoms with Crippen molar-refractivity contribution in [2.24, 2.45) is 11.8 Å². The van der Waals surface area contributed by atoms with Gasteiger partial charge in [-0.3, -0.25) is 4.79 Å². The van der Waals surface area contributed by atoms with E-state index in [1.807, 2.05) is 38.2 Å². The third-order valence-corrected chi connectivity index (χ3v) is 6.62. The maximum atomic E-state index is 12.3. The summed E-state index contributed by atoms with van der Waals surface area (Å²) in [6.45, 7) is 2.73. The summed E-state index contributed by atoms with van der Waals surface area (Å²) in [6.07, 6.45) is 10.7. The van der Waals surface area contributed by atoms with Gasteiger partial charge in [-0.25, -0.2) is 9.97 Å². The van der Waals surface area contributed by atoms with Gasteiger partial charge in [-0.05, 0) is 51.4 Å². The van der Waals surface area contributed by atoms with E-state index in [0.717, 1.165) is 73.7 Å². The number of nitrogens with zero attached hydrogens (tertiary/aromatic N) is 4. The molecule has 4 rings (SSSR count). The van der Waals surface area contributed by atoms with Crippen LogP contribution in [0.15, 0.2) is 16.8 Å². The maximum absolute atomic E-state index is 12.3. The van der Waals surface area contributed by atoms with E-state index in [1.165, 1.54) is 12.8 Å². The van der Waals surface area contributed by atoms with E-state index in [1.54, 1.807) is 0 Å². The van der Waals surface area contributed by atoms with Crippen molar-refractivity contribution in [2.75, 3.05) is 25.5 Å². The fourth-order valence-electron chi connectivity index (χ4n) is 4.81. The van der Waals surface area contributed by atoms with Gasteiger partial charge < -0.3 is 14.7 Å². The molecule has 2 aliphatic carbocycles. The van der Waals surface area contributed by atoms with Gasteiger partial charge in [0.15, 0.2) is 5.76 Å². The zero-order chi connectivity index (χ0) is 21.1. The van der Waals surface area contributed by atoms with Crippen LogP contribution < -0.4 is 10.2 Å². The molecule has 0 aliphatic heterocycles. The third kappa shape index (κ3) is 4.65. The highest BCUT2D eigenvalue weighted by molar-refractivity contribution is 5.78. The van der Waals surface area contributed by atoms with Gasteiger partial charge >= 0.3 is 0 Å². The van der Waals surface area contributed by atoms with Crippen LogP contribution in [0.5, 0.6) is 0 Å². The van der Waals surface area contributed by atoms with Crippen molar-refractivity contribution in [3.63, 3.8) is 0 Å². The Hall–Kier alpha value is -2.44. The molecule has 30 heavy (non-hydrogen) atoms. The molecule has 7 nitrogen and oxygen atoms in total. The van der Waals surface area contributed by atoms with Crippen molar-refractivity contribution in [3.8, 4) is 11.3 Å². The van der Waals surface area contributed by atoms with E-state index in [-0.39, 0.29) is 11.8 Å². The number of carbonyl (C=O) groups is 1. The van der Waals surface area contributed by atoms with Crippen molar-refractivity contribution in [1.29, 1.82) is 0 Å². The number of rotatable bonds is 6. The standard InChI is InChI=1S/C23H33N5O2/c1-15-12-20(30-27-15)19-14-25-23(28(2)3)26-21(19)17-10-8-16(9-11-17)13-24-22(29)18-6-4-5-7-18/h12,14,16-18H,4-11,13H2,1-3H3,(H,24,29). The molecule has 7 heteroatoms. The summed E-state index contributed by atoms with van der Waals surface area (Å²) in [5, 5.41) is 7.26. The highest BCUT2D eigenvalue weighted by Gasteiger charge is 2.29. The topological polar surface area (TPSA) is 84.2 Å². The smallest absolute Gasteiger partial charge is 0.225 e. The van der Waals surface area contributed by atoms with Gasteiger partial charge in [0.2, 0.25) is 11.9 Å².